The Bertz CT molecular complexity index is 969. The summed E-state index contributed by atoms with van der Waals surface area (Å²) < 4.78 is 27.0. The Labute approximate surface area is 169 Å². The van der Waals surface area contributed by atoms with E-state index in [2.05, 4.69) is 4.90 Å². The third-order valence-electron chi connectivity index (χ3n) is 4.55. The summed E-state index contributed by atoms with van der Waals surface area (Å²) in [6.45, 7) is 2.41. The van der Waals surface area contributed by atoms with Crippen LogP contribution in [0.2, 0.25) is 5.02 Å². The molecule has 2 aromatic carbocycles. The molecular weight excluding hydrogens is 402 g/mol. The van der Waals surface area contributed by atoms with E-state index >= 15 is 0 Å². The number of benzene rings is 2. The number of nitro groups is 1. The molecule has 0 atom stereocenters. The van der Waals surface area contributed by atoms with E-state index < -0.39 is 20.6 Å². The third-order valence-corrected chi connectivity index (χ3v) is 6.75. The number of nitro benzene ring substituents is 1. The van der Waals surface area contributed by atoms with Crippen LogP contribution in [-0.2, 0) is 10.0 Å². The van der Waals surface area contributed by atoms with Crippen LogP contribution in [0.1, 0.15) is 5.56 Å². The largest absolute Gasteiger partial charge is 0.297 e. The van der Waals surface area contributed by atoms with Gasteiger partial charge in [0.15, 0.2) is 4.90 Å². The van der Waals surface area contributed by atoms with Crippen LogP contribution < -0.4 is 0 Å². The van der Waals surface area contributed by atoms with E-state index in [9.17, 15) is 18.5 Å². The van der Waals surface area contributed by atoms with Gasteiger partial charge < -0.3 is 0 Å². The lowest BCUT2D eigenvalue weighted by Gasteiger charge is -2.33. The number of halogens is 1. The topological polar surface area (TPSA) is 83.8 Å². The predicted molar refractivity (Wildman–Crippen MR) is 109 cm³/mol. The summed E-state index contributed by atoms with van der Waals surface area (Å²) in [4.78, 5) is 12.4. The van der Waals surface area contributed by atoms with Gasteiger partial charge >= 0.3 is 0 Å². The third kappa shape index (κ3) is 4.77. The summed E-state index contributed by atoms with van der Waals surface area (Å²) >= 11 is 5.87. The summed E-state index contributed by atoms with van der Waals surface area (Å²) in [5.41, 5.74) is 0.651. The van der Waals surface area contributed by atoms with Gasteiger partial charge in [-0.25, -0.2) is 8.42 Å². The molecule has 0 bridgehead atoms. The Kier molecular flexibility index (Phi) is 6.46. The molecule has 0 saturated carbocycles. The fourth-order valence-electron chi connectivity index (χ4n) is 3.03. The normalized spacial score (nSPS) is 16.5. The van der Waals surface area contributed by atoms with E-state index in [0.29, 0.717) is 37.7 Å². The average molecular weight is 422 g/mol. The van der Waals surface area contributed by atoms with Crippen molar-refractivity contribution in [1.29, 1.82) is 0 Å². The second-order valence-electron chi connectivity index (χ2n) is 6.38. The maximum Gasteiger partial charge on any atom is 0.289 e. The summed E-state index contributed by atoms with van der Waals surface area (Å²) in [6.07, 6.45) is 4.02. The van der Waals surface area contributed by atoms with Crippen LogP contribution in [0.5, 0.6) is 0 Å². The maximum absolute atomic E-state index is 12.8. The Morgan fingerprint density at radius 3 is 2.32 bits per heavy atom. The molecule has 1 fully saturated rings. The van der Waals surface area contributed by atoms with Gasteiger partial charge in [-0.1, -0.05) is 48.0 Å². The Morgan fingerprint density at radius 1 is 1.04 bits per heavy atom. The first-order valence-corrected chi connectivity index (χ1v) is 10.6. The molecule has 1 heterocycles. The fourth-order valence-corrected chi connectivity index (χ4v) is 4.73. The fraction of sp³-hybridized carbons (Fsp3) is 0.263. The van der Waals surface area contributed by atoms with Crippen LogP contribution in [-0.4, -0.2) is 55.3 Å². The molecule has 1 saturated heterocycles. The molecule has 0 radical (unpaired) electrons. The zero-order valence-corrected chi connectivity index (χ0v) is 16.6. The maximum atomic E-state index is 12.8. The molecule has 28 heavy (non-hydrogen) atoms. The summed E-state index contributed by atoms with van der Waals surface area (Å²) in [5, 5.41) is 11.8. The number of rotatable bonds is 6. The molecule has 2 aromatic rings. The van der Waals surface area contributed by atoms with Crippen LogP contribution in [0, 0.1) is 10.1 Å². The minimum absolute atomic E-state index is 0.254. The van der Waals surface area contributed by atoms with Crippen molar-refractivity contribution in [2.24, 2.45) is 0 Å². The summed E-state index contributed by atoms with van der Waals surface area (Å²) in [7, 11) is -3.89. The van der Waals surface area contributed by atoms with Crippen molar-refractivity contribution < 1.29 is 13.3 Å². The smallest absolute Gasteiger partial charge is 0.289 e. The molecule has 7 nitrogen and oxygen atoms in total. The molecular formula is C19H20ClN3O4S. The van der Waals surface area contributed by atoms with E-state index in [1.807, 2.05) is 36.4 Å². The number of sulfonamides is 1. The minimum Gasteiger partial charge on any atom is -0.297 e. The van der Waals surface area contributed by atoms with E-state index in [-0.39, 0.29) is 4.90 Å². The summed E-state index contributed by atoms with van der Waals surface area (Å²) in [6, 6.07) is 13.0. The number of piperazine rings is 1. The molecule has 3 rings (SSSR count). The molecule has 9 heteroatoms. The molecule has 0 amide bonds. The molecule has 0 aromatic heterocycles. The van der Waals surface area contributed by atoms with E-state index in [4.69, 9.17) is 11.6 Å². The Balaban J connectivity index is 1.60. The molecule has 1 aliphatic rings. The van der Waals surface area contributed by atoms with Gasteiger partial charge in [0, 0.05) is 43.8 Å². The van der Waals surface area contributed by atoms with Crippen molar-refractivity contribution in [3.05, 3.63) is 75.3 Å². The van der Waals surface area contributed by atoms with Crippen LogP contribution in [0.4, 0.5) is 5.69 Å². The lowest BCUT2D eigenvalue weighted by molar-refractivity contribution is -0.387. The average Bonchev–Trinajstić information content (AvgIpc) is 2.70. The number of nitrogens with zero attached hydrogens (tertiary/aromatic N) is 3. The number of hydrogen-bond donors (Lipinski definition) is 0. The van der Waals surface area contributed by atoms with Gasteiger partial charge in [-0.15, -0.1) is 0 Å². The zero-order valence-electron chi connectivity index (χ0n) is 15.1. The predicted octanol–water partition coefficient (Wildman–Crippen LogP) is 3.27. The van der Waals surface area contributed by atoms with Gasteiger partial charge in [0.25, 0.3) is 5.69 Å². The summed E-state index contributed by atoms with van der Waals surface area (Å²) in [5.74, 6) is 0. The zero-order chi connectivity index (χ0) is 20.1. The SMILES string of the molecule is O=[N+]([O-])c1ccccc1S(=O)(=O)N1CCN(C/C=C/c2ccc(Cl)cc2)CC1. The first-order valence-electron chi connectivity index (χ1n) is 8.76. The molecule has 0 spiro atoms. The van der Waals surface area contributed by atoms with Crippen LogP contribution in [0.3, 0.4) is 0 Å². The van der Waals surface area contributed by atoms with Crippen LogP contribution in [0.15, 0.2) is 59.5 Å². The quantitative estimate of drug-likeness (QED) is 0.528. The second kappa shape index (κ2) is 8.83. The lowest BCUT2D eigenvalue weighted by Crippen LogP contribution is -2.48. The highest BCUT2D eigenvalue weighted by Gasteiger charge is 2.33. The van der Waals surface area contributed by atoms with Crippen molar-refractivity contribution >= 4 is 33.4 Å². The van der Waals surface area contributed by atoms with E-state index in [1.54, 1.807) is 0 Å². The van der Waals surface area contributed by atoms with Gasteiger partial charge in [0.05, 0.1) is 4.92 Å². The van der Waals surface area contributed by atoms with Gasteiger partial charge in [0.2, 0.25) is 10.0 Å². The van der Waals surface area contributed by atoms with Crippen molar-refractivity contribution in [3.63, 3.8) is 0 Å². The van der Waals surface area contributed by atoms with Gasteiger partial charge in [-0.2, -0.15) is 4.31 Å². The van der Waals surface area contributed by atoms with Gasteiger partial charge in [-0.3, -0.25) is 15.0 Å². The highest BCUT2D eigenvalue weighted by Crippen LogP contribution is 2.26. The van der Waals surface area contributed by atoms with Crippen molar-refractivity contribution in [2.45, 2.75) is 4.90 Å². The van der Waals surface area contributed by atoms with Gasteiger partial charge in [-0.05, 0) is 23.8 Å². The molecule has 148 valence electrons. The Hall–Kier alpha value is -2.26. The molecule has 0 N–H and O–H groups in total. The monoisotopic (exact) mass is 421 g/mol. The molecule has 0 unspecified atom stereocenters. The highest BCUT2D eigenvalue weighted by atomic mass is 35.5. The van der Waals surface area contributed by atoms with Crippen molar-refractivity contribution in [2.75, 3.05) is 32.7 Å². The Morgan fingerprint density at radius 2 is 1.68 bits per heavy atom. The highest BCUT2D eigenvalue weighted by molar-refractivity contribution is 7.89. The standard InChI is InChI=1S/C19H20ClN3O4S/c20-17-9-7-16(8-10-17)4-3-11-21-12-14-22(15-13-21)28(26,27)19-6-2-1-5-18(19)23(24)25/h1-10H,11-15H2/b4-3+. The van der Waals surface area contributed by atoms with Crippen LogP contribution >= 0.6 is 11.6 Å². The minimum atomic E-state index is -3.89. The van der Waals surface area contributed by atoms with E-state index in [0.717, 1.165) is 5.56 Å². The van der Waals surface area contributed by atoms with E-state index in [1.165, 1.54) is 28.6 Å². The first kappa shape index (κ1) is 20.5. The lowest BCUT2D eigenvalue weighted by atomic mass is 10.2. The number of hydrogen-bond acceptors (Lipinski definition) is 5. The first-order chi connectivity index (χ1) is 13.4. The second-order valence-corrected chi connectivity index (χ2v) is 8.73. The van der Waals surface area contributed by atoms with Crippen molar-refractivity contribution in [3.8, 4) is 0 Å². The van der Waals surface area contributed by atoms with Gasteiger partial charge in [0.1, 0.15) is 0 Å². The molecule has 1 aliphatic heterocycles. The van der Waals surface area contributed by atoms with Crippen LogP contribution in [0.25, 0.3) is 6.08 Å². The molecule has 0 aliphatic carbocycles. The van der Waals surface area contributed by atoms with Crippen molar-refractivity contribution in [1.82, 2.24) is 9.21 Å². The number of para-hydroxylation sites is 1.